The van der Waals surface area contributed by atoms with Crippen LogP contribution in [0.1, 0.15) is 29.9 Å². The van der Waals surface area contributed by atoms with Crippen LogP contribution in [0.25, 0.3) is 22.2 Å². The Labute approximate surface area is 157 Å². The summed E-state index contributed by atoms with van der Waals surface area (Å²) in [5, 5.41) is 1.05. The van der Waals surface area contributed by atoms with Crippen LogP contribution in [-0.4, -0.2) is 9.55 Å². The monoisotopic (exact) mass is 357 g/mol. The number of halogens is 1. The molecule has 0 amide bonds. The molecule has 1 aliphatic rings. The molecule has 2 N–H and O–H groups in total. The van der Waals surface area contributed by atoms with Crippen molar-refractivity contribution in [3.8, 4) is 11.1 Å². The van der Waals surface area contributed by atoms with Gasteiger partial charge in [0.15, 0.2) is 0 Å². The van der Waals surface area contributed by atoms with Crippen LogP contribution < -0.4 is 5.73 Å². The minimum absolute atomic E-state index is 0.199. The summed E-state index contributed by atoms with van der Waals surface area (Å²) in [7, 11) is 0. The van der Waals surface area contributed by atoms with E-state index >= 15 is 0 Å². The molecule has 4 aromatic rings. The van der Waals surface area contributed by atoms with E-state index in [2.05, 4.69) is 35.4 Å². The van der Waals surface area contributed by atoms with E-state index in [0.717, 1.165) is 27.8 Å². The molecule has 0 atom stereocenters. The number of nitrogen functional groups attached to an aromatic ring is 1. The minimum Gasteiger partial charge on any atom is -0.398 e. The summed E-state index contributed by atoms with van der Waals surface area (Å²) in [5.74, 6) is 0.429. The van der Waals surface area contributed by atoms with Crippen molar-refractivity contribution in [2.24, 2.45) is 0 Å². The molecule has 0 aliphatic heterocycles. The van der Waals surface area contributed by atoms with Crippen LogP contribution >= 0.6 is 0 Å². The molecule has 1 saturated carbocycles. The third kappa shape index (κ3) is 2.87. The second-order valence-electron chi connectivity index (χ2n) is 7.25. The predicted molar refractivity (Wildman–Crippen MR) is 107 cm³/mol. The fraction of sp³-hybridized carbons (Fsp3) is 0.174. The first-order valence-electron chi connectivity index (χ1n) is 9.28. The summed E-state index contributed by atoms with van der Waals surface area (Å²) in [5.41, 5.74) is 12.1. The third-order valence-corrected chi connectivity index (χ3v) is 5.35. The molecule has 0 saturated heterocycles. The summed E-state index contributed by atoms with van der Waals surface area (Å²) in [6.07, 6.45) is 6.29. The number of hydrogen-bond acceptors (Lipinski definition) is 2. The van der Waals surface area contributed by atoms with E-state index in [9.17, 15) is 4.39 Å². The molecule has 2 aromatic carbocycles. The Morgan fingerprint density at radius 1 is 1.07 bits per heavy atom. The van der Waals surface area contributed by atoms with Gasteiger partial charge in [-0.3, -0.25) is 0 Å². The van der Waals surface area contributed by atoms with Gasteiger partial charge in [0, 0.05) is 34.6 Å². The van der Waals surface area contributed by atoms with Gasteiger partial charge in [-0.1, -0.05) is 30.3 Å². The van der Waals surface area contributed by atoms with Crippen molar-refractivity contribution in [3.63, 3.8) is 0 Å². The molecule has 1 fully saturated rings. The summed E-state index contributed by atoms with van der Waals surface area (Å²) in [6, 6.07) is 17.2. The molecule has 0 unspecified atom stereocenters. The van der Waals surface area contributed by atoms with Gasteiger partial charge in [0.25, 0.3) is 0 Å². The first-order chi connectivity index (χ1) is 13.2. The molecule has 0 spiro atoms. The SMILES string of the molecule is Nc1cc(-c2cn(Cc3ccccc3F)c3ncccc23)ccc1C1CC1. The zero-order chi connectivity index (χ0) is 18.4. The molecule has 134 valence electrons. The highest BCUT2D eigenvalue weighted by Crippen LogP contribution is 2.44. The Balaban J connectivity index is 1.61. The second kappa shape index (κ2) is 6.23. The minimum atomic E-state index is -0.199. The van der Waals surface area contributed by atoms with Crippen LogP contribution in [0, 0.1) is 5.82 Å². The standard InChI is InChI=1S/C23H20FN3/c24-21-6-2-1-4-17(21)13-27-14-20(19-5-3-11-26-23(19)27)16-9-10-18(15-7-8-15)22(25)12-16/h1-6,9-12,14-15H,7-8,13,25H2. The molecular formula is C23H20FN3. The lowest BCUT2D eigenvalue weighted by atomic mass is 10.0. The van der Waals surface area contributed by atoms with Crippen LogP contribution in [0.15, 0.2) is 67.0 Å². The molecule has 0 radical (unpaired) electrons. The van der Waals surface area contributed by atoms with Gasteiger partial charge in [-0.25, -0.2) is 9.37 Å². The Morgan fingerprint density at radius 2 is 1.93 bits per heavy atom. The van der Waals surface area contributed by atoms with Crippen LogP contribution in [0.5, 0.6) is 0 Å². The molecule has 2 aromatic heterocycles. The number of pyridine rings is 1. The summed E-state index contributed by atoms with van der Waals surface area (Å²) >= 11 is 0. The number of anilines is 1. The lowest BCUT2D eigenvalue weighted by molar-refractivity contribution is 0.601. The number of nitrogens with zero attached hydrogens (tertiary/aromatic N) is 2. The average molecular weight is 357 g/mol. The van der Waals surface area contributed by atoms with Crippen molar-refractivity contribution in [3.05, 3.63) is 83.9 Å². The van der Waals surface area contributed by atoms with Crippen molar-refractivity contribution in [2.75, 3.05) is 5.73 Å². The van der Waals surface area contributed by atoms with Crippen molar-refractivity contribution in [2.45, 2.75) is 25.3 Å². The van der Waals surface area contributed by atoms with Crippen LogP contribution in [0.4, 0.5) is 10.1 Å². The summed E-state index contributed by atoms with van der Waals surface area (Å²) in [4.78, 5) is 4.54. The quantitative estimate of drug-likeness (QED) is 0.500. The second-order valence-corrected chi connectivity index (χ2v) is 7.25. The first kappa shape index (κ1) is 16.1. The predicted octanol–water partition coefficient (Wildman–Crippen LogP) is 5.35. The first-order valence-corrected chi connectivity index (χ1v) is 9.28. The Morgan fingerprint density at radius 3 is 2.70 bits per heavy atom. The van der Waals surface area contributed by atoms with Crippen molar-refractivity contribution >= 4 is 16.7 Å². The van der Waals surface area contributed by atoms with Gasteiger partial charge < -0.3 is 10.3 Å². The van der Waals surface area contributed by atoms with Crippen LogP contribution in [-0.2, 0) is 6.54 Å². The normalized spacial score (nSPS) is 14.0. The molecular weight excluding hydrogens is 337 g/mol. The Hall–Kier alpha value is -3.14. The highest BCUT2D eigenvalue weighted by Gasteiger charge is 2.25. The molecule has 0 bridgehead atoms. The third-order valence-electron chi connectivity index (χ3n) is 5.35. The van der Waals surface area contributed by atoms with E-state index in [0.29, 0.717) is 18.0 Å². The van der Waals surface area contributed by atoms with Gasteiger partial charge in [0.05, 0.1) is 6.54 Å². The zero-order valence-electron chi connectivity index (χ0n) is 14.9. The summed E-state index contributed by atoms with van der Waals surface area (Å²) in [6.45, 7) is 0.440. The van der Waals surface area contributed by atoms with E-state index in [1.807, 2.05) is 22.8 Å². The van der Waals surface area contributed by atoms with Crippen LogP contribution in [0.3, 0.4) is 0 Å². The fourth-order valence-electron chi connectivity index (χ4n) is 3.79. The molecule has 2 heterocycles. The van der Waals surface area contributed by atoms with Gasteiger partial charge in [-0.15, -0.1) is 0 Å². The van der Waals surface area contributed by atoms with E-state index < -0.39 is 0 Å². The lowest BCUT2D eigenvalue weighted by Gasteiger charge is -2.07. The van der Waals surface area contributed by atoms with Gasteiger partial charge in [0.1, 0.15) is 11.5 Å². The van der Waals surface area contributed by atoms with Crippen molar-refractivity contribution in [1.82, 2.24) is 9.55 Å². The summed E-state index contributed by atoms with van der Waals surface area (Å²) < 4.78 is 16.1. The van der Waals surface area contributed by atoms with E-state index in [-0.39, 0.29) is 5.82 Å². The van der Waals surface area contributed by atoms with Gasteiger partial charge >= 0.3 is 0 Å². The van der Waals surface area contributed by atoms with E-state index in [1.165, 1.54) is 24.5 Å². The highest BCUT2D eigenvalue weighted by molar-refractivity contribution is 5.94. The molecule has 1 aliphatic carbocycles. The van der Waals surface area contributed by atoms with E-state index in [1.54, 1.807) is 12.3 Å². The maximum Gasteiger partial charge on any atom is 0.140 e. The topological polar surface area (TPSA) is 43.8 Å². The smallest absolute Gasteiger partial charge is 0.140 e. The Bertz CT molecular complexity index is 1140. The lowest BCUT2D eigenvalue weighted by Crippen LogP contribution is -2.01. The number of benzene rings is 2. The zero-order valence-corrected chi connectivity index (χ0v) is 14.9. The van der Waals surface area contributed by atoms with Gasteiger partial charge in [-0.05, 0) is 54.2 Å². The van der Waals surface area contributed by atoms with Gasteiger partial charge in [-0.2, -0.15) is 0 Å². The van der Waals surface area contributed by atoms with Crippen molar-refractivity contribution in [1.29, 1.82) is 0 Å². The Kier molecular flexibility index (Phi) is 3.71. The molecule has 27 heavy (non-hydrogen) atoms. The maximum atomic E-state index is 14.1. The largest absolute Gasteiger partial charge is 0.398 e. The highest BCUT2D eigenvalue weighted by atomic mass is 19.1. The molecule has 4 heteroatoms. The van der Waals surface area contributed by atoms with E-state index in [4.69, 9.17) is 5.73 Å². The van der Waals surface area contributed by atoms with Crippen molar-refractivity contribution < 1.29 is 4.39 Å². The number of hydrogen-bond donors (Lipinski definition) is 1. The number of aromatic nitrogens is 2. The maximum absolute atomic E-state index is 14.1. The fourth-order valence-corrected chi connectivity index (χ4v) is 3.79. The number of rotatable bonds is 4. The molecule has 5 rings (SSSR count). The average Bonchev–Trinajstić information content (AvgIpc) is 3.46. The number of fused-ring (bicyclic) bond motifs is 1. The number of nitrogens with two attached hydrogens (primary N) is 1. The molecule has 3 nitrogen and oxygen atoms in total. The van der Waals surface area contributed by atoms with Crippen LogP contribution in [0.2, 0.25) is 0 Å². The van der Waals surface area contributed by atoms with Gasteiger partial charge in [0.2, 0.25) is 0 Å².